The van der Waals surface area contributed by atoms with Crippen LogP contribution in [-0.2, 0) is 0 Å². The molecule has 7 heteroatoms. The minimum Gasteiger partial charge on any atom is -0.397 e. The van der Waals surface area contributed by atoms with Gasteiger partial charge in [0.25, 0.3) is 0 Å². The molecule has 106 valence electrons. The second kappa shape index (κ2) is 5.34. The lowest BCUT2D eigenvalue weighted by Crippen LogP contribution is -2.39. The number of hydrogen-bond acceptors (Lipinski definition) is 2. The van der Waals surface area contributed by atoms with E-state index >= 15 is 0 Å². The van der Waals surface area contributed by atoms with Crippen molar-refractivity contribution in [1.82, 2.24) is 0 Å². The monoisotopic (exact) mass is 388 g/mol. The first-order valence-electron chi connectivity index (χ1n) is 5.85. The largest absolute Gasteiger partial charge is 0.397 e. The molecule has 0 bridgehead atoms. The van der Waals surface area contributed by atoms with Crippen LogP contribution < -0.4 is 10.6 Å². The van der Waals surface area contributed by atoms with E-state index in [1.54, 1.807) is 4.90 Å². The normalized spacial score (nSPS) is 17.8. The molecule has 1 aliphatic rings. The highest BCUT2D eigenvalue weighted by Crippen LogP contribution is 2.37. The van der Waals surface area contributed by atoms with Crippen LogP contribution in [-0.4, -0.2) is 19.3 Å². The molecule has 0 spiro atoms. The minimum absolute atomic E-state index is 0.0244. The fourth-order valence-corrected chi connectivity index (χ4v) is 2.76. The molecule has 2 rings (SSSR count). The number of nitrogens with zero attached hydrogens (tertiary/aromatic N) is 1. The van der Waals surface area contributed by atoms with Crippen molar-refractivity contribution in [3.63, 3.8) is 0 Å². The van der Waals surface area contributed by atoms with E-state index in [2.05, 4.69) is 0 Å². The molecular weight excluding hydrogens is 375 g/mol. The van der Waals surface area contributed by atoms with Crippen LogP contribution in [0.1, 0.15) is 12.8 Å². The summed E-state index contributed by atoms with van der Waals surface area (Å²) in [6.07, 6.45) is -4.10. The van der Waals surface area contributed by atoms with Crippen molar-refractivity contribution >= 4 is 34.0 Å². The van der Waals surface area contributed by atoms with Crippen molar-refractivity contribution in [3.8, 4) is 0 Å². The number of benzene rings is 1. The molecule has 0 saturated carbocycles. The molecule has 2 N–H and O–H groups in total. The summed E-state index contributed by atoms with van der Waals surface area (Å²) in [4.78, 5) is 1.72. The van der Waals surface area contributed by atoms with Gasteiger partial charge in [-0.2, -0.15) is 13.2 Å². The van der Waals surface area contributed by atoms with Gasteiger partial charge in [-0.15, -0.1) is 0 Å². The lowest BCUT2D eigenvalue weighted by atomic mass is 9.96. The molecule has 0 aromatic heterocycles. The van der Waals surface area contributed by atoms with E-state index in [0.29, 0.717) is 14.9 Å². The fraction of sp³-hybridized carbons (Fsp3) is 0.500. The van der Waals surface area contributed by atoms with Crippen molar-refractivity contribution in [3.05, 3.63) is 21.5 Å². The Kier molecular flexibility index (Phi) is 4.12. The third-order valence-electron chi connectivity index (χ3n) is 3.37. The van der Waals surface area contributed by atoms with Gasteiger partial charge in [-0.25, -0.2) is 4.39 Å². The van der Waals surface area contributed by atoms with Crippen LogP contribution >= 0.6 is 22.6 Å². The van der Waals surface area contributed by atoms with E-state index in [9.17, 15) is 17.6 Å². The quantitative estimate of drug-likeness (QED) is 0.451. The number of nitrogen functional groups attached to an aromatic ring is 1. The maximum atomic E-state index is 13.5. The summed E-state index contributed by atoms with van der Waals surface area (Å²) >= 11 is 1.83. The summed E-state index contributed by atoms with van der Waals surface area (Å²) in [5.41, 5.74) is 6.69. The predicted molar refractivity (Wildman–Crippen MR) is 74.5 cm³/mol. The van der Waals surface area contributed by atoms with Crippen LogP contribution in [0.5, 0.6) is 0 Å². The van der Waals surface area contributed by atoms with Gasteiger partial charge in [0.1, 0.15) is 5.82 Å². The molecule has 0 radical (unpaired) electrons. The van der Waals surface area contributed by atoms with Gasteiger partial charge in [0.2, 0.25) is 0 Å². The van der Waals surface area contributed by atoms with Crippen molar-refractivity contribution < 1.29 is 17.6 Å². The maximum Gasteiger partial charge on any atom is 0.391 e. The second-order valence-corrected chi connectivity index (χ2v) is 5.79. The fourth-order valence-electron chi connectivity index (χ4n) is 2.27. The summed E-state index contributed by atoms with van der Waals surface area (Å²) in [6.45, 7) is 0.489. The zero-order valence-electron chi connectivity index (χ0n) is 9.97. The predicted octanol–water partition coefficient (Wildman–Crippen LogP) is 3.79. The molecule has 1 heterocycles. The highest BCUT2D eigenvalue weighted by Gasteiger charge is 2.41. The first-order chi connectivity index (χ1) is 8.79. The van der Waals surface area contributed by atoms with E-state index in [0.717, 1.165) is 0 Å². The molecule has 19 heavy (non-hydrogen) atoms. The zero-order chi connectivity index (χ0) is 14.2. The van der Waals surface area contributed by atoms with Gasteiger partial charge < -0.3 is 10.6 Å². The first-order valence-corrected chi connectivity index (χ1v) is 6.93. The third kappa shape index (κ3) is 3.24. The van der Waals surface area contributed by atoms with Gasteiger partial charge in [0.15, 0.2) is 0 Å². The highest BCUT2D eigenvalue weighted by atomic mass is 127. The lowest BCUT2D eigenvalue weighted by Gasteiger charge is -2.35. The molecule has 1 aliphatic heterocycles. The van der Waals surface area contributed by atoms with E-state index in [1.807, 2.05) is 22.6 Å². The van der Waals surface area contributed by atoms with Crippen LogP contribution in [0.4, 0.5) is 28.9 Å². The van der Waals surface area contributed by atoms with E-state index < -0.39 is 17.9 Å². The average Bonchev–Trinajstić information content (AvgIpc) is 2.33. The average molecular weight is 388 g/mol. The molecule has 1 aromatic rings. The summed E-state index contributed by atoms with van der Waals surface area (Å²) in [5.74, 6) is -1.67. The molecule has 1 fully saturated rings. The lowest BCUT2D eigenvalue weighted by molar-refractivity contribution is -0.179. The Labute approximate surface area is 122 Å². The van der Waals surface area contributed by atoms with Gasteiger partial charge in [0, 0.05) is 19.2 Å². The molecular formula is C12H13F4IN2. The smallest absolute Gasteiger partial charge is 0.391 e. The first kappa shape index (κ1) is 14.7. The number of halogens is 5. The summed E-state index contributed by atoms with van der Waals surface area (Å²) < 4.78 is 51.6. The molecule has 2 nitrogen and oxygen atoms in total. The number of rotatable bonds is 1. The zero-order valence-corrected chi connectivity index (χ0v) is 12.1. The Balaban J connectivity index is 2.12. The minimum atomic E-state index is -4.14. The van der Waals surface area contributed by atoms with Crippen LogP contribution in [0, 0.1) is 15.3 Å². The Morgan fingerprint density at radius 2 is 1.79 bits per heavy atom. The van der Waals surface area contributed by atoms with E-state index in [4.69, 9.17) is 5.73 Å². The van der Waals surface area contributed by atoms with Gasteiger partial charge in [-0.3, -0.25) is 0 Å². The summed E-state index contributed by atoms with van der Waals surface area (Å²) in [5, 5.41) is 0. The van der Waals surface area contributed by atoms with Crippen molar-refractivity contribution in [2.75, 3.05) is 23.7 Å². The number of piperidine rings is 1. The molecule has 1 saturated heterocycles. The number of anilines is 2. The molecule has 0 atom stereocenters. The molecule has 0 unspecified atom stereocenters. The topological polar surface area (TPSA) is 29.3 Å². The highest BCUT2D eigenvalue weighted by molar-refractivity contribution is 14.1. The number of hydrogen-bond donors (Lipinski definition) is 1. The van der Waals surface area contributed by atoms with Crippen LogP contribution in [0.2, 0.25) is 0 Å². The summed E-state index contributed by atoms with van der Waals surface area (Å²) in [7, 11) is 0. The Morgan fingerprint density at radius 3 is 2.32 bits per heavy atom. The van der Waals surface area contributed by atoms with Crippen molar-refractivity contribution in [2.45, 2.75) is 19.0 Å². The standard InChI is InChI=1S/C12H13F4IN2/c13-8-5-11(10(18)6-9(8)17)19-3-1-7(2-4-19)12(14,15)16/h5-7H,1-4,18H2. The van der Waals surface area contributed by atoms with Crippen molar-refractivity contribution in [2.24, 2.45) is 5.92 Å². The van der Waals surface area contributed by atoms with Gasteiger partial charge in [-0.05, 0) is 41.5 Å². The molecule has 0 aliphatic carbocycles. The molecule has 0 amide bonds. The number of alkyl halides is 3. The Bertz CT molecular complexity index is 468. The number of nitrogens with two attached hydrogens (primary N) is 1. The maximum absolute atomic E-state index is 13.5. The SMILES string of the molecule is Nc1cc(I)c(F)cc1N1CCC(C(F)(F)F)CC1. The van der Waals surface area contributed by atoms with Gasteiger partial charge in [-0.1, -0.05) is 0 Å². The van der Waals surface area contributed by atoms with Crippen LogP contribution in [0.3, 0.4) is 0 Å². The molecule has 1 aromatic carbocycles. The van der Waals surface area contributed by atoms with Crippen molar-refractivity contribution in [1.29, 1.82) is 0 Å². The van der Waals surface area contributed by atoms with Gasteiger partial charge >= 0.3 is 6.18 Å². The second-order valence-electron chi connectivity index (χ2n) is 4.63. The van der Waals surface area contributed by atoms with Gasteiger partial charge in [0.05, 0.1) is 20.9 Å². The third-order valence-corrected chi connectivity index (χ3v) is 4.19. The van der Waals surface area contributed by atoms with E-state index in [-0.39, 0.29) is 25.9 Å². The van der Waals surface area contributed by atoms with Crippen LogP contribution in [0.15, 0.2) is 12.1 Å². The Hall–Kier alpha value is -0.730. The summed E-state index contributed by atoms with van der Waals surface area (Å²) in [6, 6.07) is 2.80. The van der Waals surface area contributed by atoms with E-state index in [1.165, 1.54) is 12.1 Å². The Morgan fingerprint density at radius 1 is 1.21 bits per heavy atom. The van der Waals surface area contributed by atoms with Crippen LogP contribution in [0.25, 0.3) is 0 Å².